The molecule has 0 saturated heterocycles. The second kappa shape index (κ2) is 3.64. The molecule has 1 rings (SSSR count). The highest BCUT2D eigenvalue weighted by Crippen LogP contribution is 1.98. The van der Waals surface area contributed by atoms with Crippen molar-refractivity contribution in [2.75, 3.05) is 0 Å². The molecular weight excluding hydrogens is 160 g/mol. The molecule has 12 heavy (non-hydrogen) atoms. The van der Waals surface area contributed by atoms with Gasteiger partial charge in [-0.2, -0.15) is 4.39 Å². The van der Waals surface area contributed by atoms with Crippen LogP contribution in [0.5, 0.6) is 0 Å². The fourth-order valence-electron chi connectivity index (χ4n) is 0.885. The average Bonchev–Trinajstić information content (AvgIpc) is 2.05. The topological polar surface area (TPSA) is 53.4 Å². The zero-order valence-electron chi connectivity index (χ0n) is 6.66. The molecule has 1 heterocycles. The first-order valence-electron chi connectivity index (χ1n) is 3.65. The first-order valence-corrected chi connectivity index (χ1v) is 3.65. The van der Waals surface area contributed by atoms with E-state index in [0.717, 1.165) is 5.56 Å². The molecule has 2 N–H and O–H groups in total. The van der Waals surface area contributed by atoms with Crippen LogP contribution in [0.25, 0.3) is 0 Å². The van der Waals surface area contributed by atoms with Gasteiger partial charge in [-0.25, -0.2) is 4.98 Å². The number of aryl methyl sites for hydroxylation is 1. The smallest absolute Gasteiger partial charge is 0.423 e. The Labute approximate surface area is 70.0 Å². The van der Waals surface area contributed by atoms with Crippen LogP contribution in [0.15, 0.2) is 12.3 Å². The molecule has 0 unspecified atom stereocenters. The molecule has 0 spiro atoms. The molecule has 0 bridgehead atoms. The van der Waals surface area contributed by atoms with Crippen molar-refractivity contribution in [1.82, 2.24) is 4.98 Å². The predicted octanol–water partition coefficient (Wildman–Crippen LogP) is -0.537. The van der Waals surface area contributed by atoms with E-state index in [-0.39, 0.29) is 5.46 Å². The zero-order chi connectivity index (χ0) is 9.14. The lowest BCUT2D eigenvalue weighted by Crippen LogP contribution is -2.33. The monoisotopic (exact) mass is 169 g/mol. The second-order valence-electron chi connectivity index (χ2n) is 2.45. The van der Waals surface area contributed by atoms with Crippen LogP contribution in [0.1, 0.15) is 12.5 Å². The Bertz CT molecular complexity index is 280. The predicted molar refractivity (Wildman–Crippen MR) is 43.4 cm³/mol. The summed E-state index contributed by atoms with van der Waals surface area (Å²) in [7, 11) is -1.79. The first-order chi connectivity index (χ1) is 5.65. The van der Waals surface area contributed by atoms with Gasteiger partial charge in [0.25, 0.3) is 0 Å². The van der Waals surface area contributed by atoms with Crippen molar-refractivity contribution in [2.45, 2.75) is 13.3 Å². The number of pyridine rings is 1. The molecule has 0 atom stereocenters. The Morgan fingerprint density at radius 3 is 2.75 bits per heavy atom. The Morgan fingerprint density at radius 1 is 1.58 bits per heavy atom. The Kier molecular flexibility index (Phi) is 2.78. The summed E-state index contributed by atoms with van der Waals surface area (Å²) < 4.78 is 12.7. The van der Waals surface area contributed by atoms with Crippen LogP contribution >= 0.6 is 0 Å². The molecule has 64 valence electrons. The fraction of sp³-hybridized carbons (Fsp3) is 0.286. The van der Waals surface area contributed by atoms with E-state index in [0.29, 0.717) is 6.42 Å². The molecule has 0 fully saturated rings. The zero-order valence-corrected chi connectivity index (χ0v) is 6.66. The Morgan fingerprint density at radius 2 is 2.25 bits per heavy atom. The number of nitrogens with zero attached hydrogens (tertiary/aromatic N) is 1. The lowest BCUT2D eigenvalue weighted by atomic mass is 9.80. The highest BCUT2D eigenvalue weighted by atomic mass is 19.1. The van der Waals surface area contributed by atoms with Crippen molar-refractivity contribution >= 4 is 12.6 Å². The van der Waals surface area contributed by atoms with Gasteiger partial charge in [0, 0.05) is 11.7 Å². The van der Waals surface area contributed by atoms with Gasteiger partial charge in [-0.1, -0.05) is 13.0 Å². The lowest BCUT2D eigenvalue weighted by molar-refractivity contribution is 0.421. The van der Waals surface area contributed by atoms with E-state index < -0.39 is 13.1 Å². The minimum atomic E-state index is -1.79. The van der Waals surface area contributed by atoms with E-state index in [1.54, 1.807) is 0 Å². The number of halogens is 1. The van der Waals surface area contributed by atoms with Gasteiger partial charge in [0.2, 0.25) is 5.95 Å². The van der Waals surface area contributed by atoms with Gasteiger partial charge in [-0.3, -0.25) is 0 Å². The standard InChI is InChI=1S/C7H9BFNO2/c1-2-5-3-6(8(11)12)7(9)10-4-5/h3-4,11-12H,2H2,1H3. The number of hydrogen-bond donors (Lipinski definition) is 2. The molecule has 0 radical (unpaired) electrons. The van der Waals surface area contributed by atoms with E-state index in [9.17, 15) is 4.39 Å². The summed E-state index contributed by atoms with van der Waals surface area (Å²) in [5.74, 6) is -0.831. The van der Waals surface area contributed by atoms with Crippen LogP contribution in [0, 0.1) is 5.95 Å². The second-order valence-corrected chi connectivity index (χ2v) is 2.45. The largest absolute Gasteiger partial charge is 0.493 e. The van der Waals surface area contributed by atoms with Crippen LogP contribution in [0.2, 0.25) is 0 Å². The molecule has 1 aromatic rings. The van der Waals surface area contributed by atoms with Crippen LogP contribution < -0.4 is 5.46 Å². The van der Waals surface area contributed by atoms with Gasteiger partial charge in [0.1, 0.15) is 0 Å². The molecule has 0 aromatic carbocycles. The summed E-state index contributed by atoms with van der Waals surface area (Å²) in [6, 6.07) is 1.40. The van der Waals surface area contributed by atoms with Gasteiger partial charge in [0.15, 0.2) is 0 Å². The molecule has 0 aliphatic heterocycles. The van der Waals surface area contributed by atoms with Crippen LogP contribution in [0.3, 0.4) is 0 Å². The summed E-state index contributed by atoms with van der Waals surface area (Å²) >= 11 is 0. The third-order valence-electron chi connectivity index (χ3n) is 1.61. The van der Waals surface area contributed by atoms with Crippen molar-refractivity contribution in [3.63, 3.8) is 0 Å². The van der Waals surface area contributed by atoms with Gasteiger partial charge < -0.3 is 10.0 Å². The van der Waals surface area contributed by atoms with Crippen molar-refractivity contribution in [3.05, 3.63) is 23.8 Å². The van der Waals surface area contributed by atoms with Gasteiger partial charge in [-0.05, 0) is 12.0 Å². The quantitative estimate of drug-likeness (QED) is 0.461. The molecule has 5 heteroatoms. The summed E-state index contributed by atoms with van der Waals surface area (Å²) in [4.78, 5) is 3.38. The number of aromatic nitrogens is 1. The lowest BCUT2D eigenvalue weighted by Gasteiger charge is -2.02. The maximum Gasteiger partial charge on any atom is 0.493 e. The Balaban J connectivity index is 3.08. The van der Waals surface area contributed by atoms with Gasteiger partial charge in [-0.15, -0.1) is 0 Å². The van der Waals surface area contributed by atoms with Crippen molar-refractivity contribution in [1.29, 1.82) is 0 Å². The van der Waals surface area contributed by atoms with E-state index in [4.69, 9.17) is 10.0 Å². The summed E-state index contributed by atoms with van der Waals surface area (Å²) in [5.41, 5.74) is 0.605. The number of rotatable bonds is 2. The molecule has 0 aliphatic carbocycles. The Hall–Kier alpha value is -0.935. The summed E-state index contributed by atoms with van der Waals surface area (Å²) in [6.45, 7) is 1.88. The normalized spacial score (nSPS) is 10.0. The molecule has 0 aliphatic rings. The summed E-state index contributed by atoms with van der Waals surface area (Å²) in [5, 5.41) is 17.4. The third kappa shape index (κ3) is 1.81. The van der Waals surface area contributed by atoms with Crippen LogP contribution in [-0.2, 0) is 6.42 Å². The van der Waals surface area contributed by atoms with E-state index in [1.165, 1.54) is 12.3 Å². The van der Waals surface area contributed by atoms with Crippen molar-refractivity contribution in [2.24, 2.45) is 0 Å². The van der Waals surface area contributed by atoms with E-state index in [1.807, 2.05) is 6.92 Å². The maximum atomic E-state index is 12.7. The van der Waals surface area contributed by atoms with E-state index >= 15 is 0 Å². The minimum absolute atomic E-state index is 0.172. The SMILES string of the molecule is CCc1cnc(F)c(B(O)O)c1. The third-order valence-corrected chi connectivity index (χ3v) is 1.61. The van der Waals surface area contributed by atoms with Crippen LogP contribution in [0.4, 0.5) is 4.39 Å². The average molecular weight is 169 g/mol. The highest BCUT2D eigenvalue weighted by Gasteiger charge is 2.17. The molecular formula is C7H9BFNO2. The van der Waals surface area contributed by atoms with Crippen molar-refractivity contribution < 1.29 is 14.4 Å². The van der Waals surface area contributed by atoms with Crippen molar-refractivity contribution in [3.8, 4) is 0 Å². The van der Waals surface area contributed by atoms with Crippen LogP contribution in [-0.4, -0.2) is 22.2 Å². The maximum absolute atomic E-state index is 12.7. The van der Waals surface area contributed by atoms with Gasteiger partial charge in [0.05, 0.1) is 0 Å². The molecule has 1 aromatic heterocycles. The van der Waals surface area contributed by atoms with Gasteiger partial charge >= 0.3 is 7.12 Å². The molecule has 0 amide bonds. The summed E-state index contributed by atoms with van der Waals surface area (Å²) in [6.07, 6.45) is 2.06. The first kappa shape index (κ1) is 9.16. The number of hydrogen-bond acceptors (Lipinski definition) is 3. The minimum Gasteiger partial charge on any atom is -0.423 e. The van der Waals surface area contributed by atoms with E-state index in [2.05, 4.69) is 4.98 Å². The fourth-order valence-corrected chi connectivity index (χ4v) is 0.885. The highest BCUT2D eigenvalue weighted by molar-refractivity contribution is 6.58. The molecule has 0 saturated carbocycles. The molecule has 3 nitrogen and oxygen atoms in total.